The fourth-order valence-electron chi connectivity index (χ4n) is 2.35. The Hall–Kier alpha value is -2.76. The molecule has 2 aromatic heterocycles. The van der Waals surface area contributed by atoms with Gasteiger partial charge in [-0.15, -0.1) is 0 Å². The van der Waals surface area contributed by atoms with Crippen molar-refractivity contribution in [3.63, 3.8) is 0 Å². The molecule has 0 spiro atoms. The van der Waals surface area contributed by atoms with E-state index in [2.05, 4.69) is 25.1 Å². The number of aliphatic hydroxyl groups is 1. The molecule has 0 aromatic carbocycles. The van der Waals surface area contributed by atoms with Crippen molar-refractivity contribution >= 4 is 15.9 Å². The number of rotatable bonds is 6. The minimum absolute atomic E-state index is 0.00769. The molecule has 0 saturated carbocycles. The summed E-state index contributed by atoms with van der Waals surface area (Å²) < 4.78 is 28.1. The molecule has 0 fully saturated rings. The van der Waals surface area contributed by atoms with Crippen molar-refractivity contribution in [2.45, 2.75) is 18.1 Å². The van der Waals surface area contributed by atoms with Crippen LogP contribution in [0.1, 0.15) is 6.92 Å². The highest BCUT2D eigenvalue weighted by Crippen LogP contribution is 2.19. The largest absolute Gasteiger partial charge is 0.395 e. The summed E-state index contributed by atoms with van der Waals surface area (Å²) in [6.45, 7) is 1.01. The minimum atomic E-state index is -3.76. The minimum Gasteiger partial charge on any atom is -0.395 e. The van der Waals surface area contributed by atoms with E-state index in [1.807, 2.05) is 0 Å². The highest BCUT2D eigenvalue weighted by atomic mass is 32.2. The second-order valence-corrected chi connectivity index (χ2v) is 7.24. The number of amides is 1. The monoisotopic (exact) mass is 377 g/mol. The van der Waals surface area contributed by atoms with E-state index in [9.17, 15) is 13.2 Å². The van der Waals surface area contributed by atoms with Crippen LogP contribution in [0.5, 0.6) is 0 Å². The summed E-state index contributed by atoms with van der Waals surface area (Å²) in [5.41, 5.74) is 1.82. The third kappa shape index (κ3) is 3.90. The fourth-order valence-corrected chi connectivity index (χ4v) is 3.35. The summed E-state index contributed by atoms with van der Waals surface area (Å²) in [6, 6.07) is 4.95. The van der Waals surface area contributed by atoms with E-state index < -0.39 is 16.3 Å². The molecule has 3 N–H and O–H groups in total. The molecule has 1 aliphatic rings. The van der Waals surface area contributed by atoms with Gasteiger partial charge in [0.1, 0.15) is 11.1 Å². The number of aliphatic hydroxyl groups excluding tert-OH is 1. The van der Waals surface area contributed by atoms with E-state index in [-0.39, 0.29) is 24.0 Å². The lowest BCUT2D eigenvalue weighted by molar-refractivity contribution is -0.559. The number of hydrogen-bond acceptors (Lipinski definition) is 7. The van der Waals surface area contributed by atoms with Crippen LogP contribution >= 0.6 is 0 Å². The summed E-state index contributed by atoms with van der Waals surface area (Å²) in [4.78, 5) is 19.3. The maximum atomic E-state index is 12.2. The van der Waals surface area contributed by atoms with Gasteiger partial charge in [0.15, 0.2) is 0 Å². The Bertz CT molecular complexity index is 1070. The van der Waals surface area contributed by atoms with Gasteiger partial charge in [-0.2, -0.15) is 0 Å². The number of hydrogen-bond donors (Lipinski definition) is 3. The Balaban J connectivity index is 1.94. The molecule has 1 atom stereocenters. The first kappa shape index (κ1) is 18.0. The quantitative estimate of drug-likeness (QED) is 0.520. The van der Waals surface area contributed by atoms with Crippen LogP contribution in [0.25, 0.3) is 11.1 Å². The van der Waals surface area contributed by atoms with Gasteiger partial charge in [0.2, 0.25) is 15.9 Å². The van der Waals surface area contributed by atoms with Gasteiger partial charge in [0.25, 0.3) is 0 Å². The lowest BCUT2D eigenvalue weighted by atomic mass is 10.1. The Morgan fingerprint density at radius 3 is 2.85 bits per heavy atom. The third-order valence-corrected chi connectivity index (χ3v) is 4.92. The molecule has 0 radical (unpaired) electrons. The predicted octanol–water partition coefficient (Wildman–Crippen LogP) is -1.61. The number of aromatic nitrogens is 2. The maximum absolute atomic E-state index is 12.2. The topological polar surface area (TPSA) is 139 Å². The first-order valence-corrected chi connectivity index (χ1v) is 9.18. The molecule has 11 heteroatoms. The molecule has 136 valence electrons. The van der Waals surface area contributed by atoms with Crippen LogP contribution in [0.4, 0.5) is 0 Å². The molecule has 3 heterocycles. The molecular weight excluding hydrogens is 360 g/mol. The molecule has 10 nitrogen and oxygen atoms in total. The molecule has 2 aromatic rings. The van der Waals surface area contributed by atoms with Crippen molar-refractivity contribution < 1.29 is 22.7 Å². The van der Waals surface area contributed by atoms with Crippen molar-refractivity contribution in [1.82, 2.24) is 15.0 Å². The van der Waals surface area contributed by atoms with Crippen LogP contribution in [0.15, 0.2) is 51.8 Å². The molecule has 0 aliphatic carbocycles. The number of nitrogens with zero attached hydrogens (tertiary/aromatic N) is 4. The number of pyridine rings is 2. The van der Waals surface area contributed by atoms with Gasteiger partial charge >= 0.3 is 11.8 Å². The summed E-state index contributed by atoms with van der Waals surface area (Å²) >= 11 is 0. The van der Waals surface area contributed by atoms with Crippen molar-refractivity contribution in [2.24, 2.45) is 10.1 Å². The van der Waals surface area contributed by atoms with Gasteiger partial charge in [-0.3, -0.25) is 15.1 Å². The number of nitrogens with one attached hydrogen (secondary N) is 2. The third-order valence-electron chi connectivity index (χ3n) is 3.49. The normalized spacial score (nSPS) is 15.7. The second-order valence-electron chi connectivity index (χ2n) is 5.47. The van der Waals surface area contributed by atoms with E-state index in [1.165, 1.54) is 29.7 Å². The van der Waals surface area contributed by atoms with Gasteiger partial charge in [-0.25, -0.2) is 13.1 Å². The van der Waals surface area contributed by atoms with E-state index in [4.69, 9.17) is 5.11 Å². The average Bonchev–Trinajstić information content (AvgIpc) is 3.00. The van der Waals surface area contributed by atoms with Crippen LogP contribution in [0, 0.1) is 0 Å². The Morgan fingerprint density at radius 2 is 2.12 bits per heavy atom. The van der Waals surface area contributed by atoms with E-state index in [0.717, 1.165) is 0 Å². The molecule has 3 rings (SSSR count). The first-order chi connectivity index (χ1) is 12.4. The molecular formula is C15H17N6O4S+. The zero-order valence-electron chi connectivity index (χ0n) is 13.8. The van der Waals surface area contributed by atoms with Gasteiger partial charge in [-0.1, -0.05) is 4.36 Å². The molecule has 26 heavy (non-hydrogen) atoms. The van der Waals surface area contributed by atoms with Crippen molar-refractivity contribution in [2.75, 3.05) is 13.2 Å². The Labute approximate surface area is 149 Å². The van der Waals surface area contributed by atoms with E-state index in [1.54, 1.807) is 18.3 Å². The number of sulfonamides is 1. The number of carbonyl (C=O) groups is 1. The Kier molecular flexibility index (Phi) is 5.02. The molecule has 0 bridgehead atoms. The van der Waals surface area contributed by atoms with Crippen LogP contribution in [0.2, 0.25) is 0 Å². The summed E-state index contributed by atoms with van der Waals surface area (Å²) in [5, 5.41) is 15.6. The van der Waals surface area contributed by atoms with Crippen LogP contribution in [0.3, 0.4) is 0 Å². The van der Waals surface area contributed by atoms with Gasteiger partial charge < -0.3 is 5.11 Å². The maximum Gasteiger partial charge on any atom is 0.347 e. The average molecular weight is 377 g/mol. The van der Waals surface area contributed by atoms with Crippen LogP contribution in [-0.2, 0) is 14.8 Å². The lowest BCUT2D eigenvalue weighted by Crippen LogP contribution is -2.33. The van der Waals surface area contributed by atoms with Gasteiger partial charge in [0, 0.05) is 43.1 Å². The van der Waals surface area contributed by atoms with E-state index >= 15 is 0 Å². The molecule has 0 saturated heterocycles. The van der Waals surface area contributed by atoms with Crippen molar-refractivity contribution in [3.8, 4) is 11.1 Å². The SMILES string of the molecule is CC(=O)NC1N=c2ccc(-c3cncc(S(=O)(=O)NCCO)c3)c[n+]2=N1. The van der Waals surface area contributed by atoms with E-state index in [0.29, 0.717) is 16.6 Å². The zero-order chi connectivity index (χ0) is 18.7. The van der Waals surface area contributed by atoms with Crippen LogP contribution in [-0.4, -0.2) is 43.9 Å². The predicted molar refractivity (Wildman–Crippen MR) is 88.7 cm³/mol. The second kappa shape index (κ2) is 7.23. The number of carbonyl (C=O) groups excluding carboxylic acids is 1. The first-order valence-electron chi connectivity index (χ1n) is 7.70. The van der Waals surface area contributed by atoms with Crippen molar-refractivity contribution in [3.05, 3.63) is 42.3 Å². The highest BCUT2D eigenvalue weighted by molar-refractivity contribution is 7.89. The Morgan fingerprint density at radius 1 is 1.31 bits per heavy atom. The molecule has 1 amide bonds. The summed E-state index contributed by atoms with van der Waals surface area (Å²) in [6.07, 6.45) is 3.76. The standard InChI is InChI=1S/C15H16N6O4S/c1-10(23)18-15-19-14-3-2-11(9-21(14)20-15)12-6-13(8-16-7-12)26(24,25)17-4-5-22/h2-3,6-9,15,17,22H,4-5H2,1H3/p+1. The smallest absolute Gasteiger partial charge is 0.347 e. The van der Waals surface area contributed by atoms with Crippen molar-refractivity contribution in [1.29, 1.82) is 0 Å². The number of fused-ring (bicyclic) bond motifs is 1. The summed E-state index contributed by atoms with van der Waals surface area (Å²) in [7, 11) is -3.76. The highest BCUT2D eigenvalue weighted by Gasteiger charge is 2.21. The van der Waals surface area contributed by atoms with Gasteiger partial charge in [-0.05, 0) is 22.2 Å². The lowest BCUT2D eigenvalue weighted by Gasteiger charge is -2.06. The zero-order valence-corrected chi connectivity index (χ0v) is 14.6. The van der Waals surface area contributed by atoms with Crippen LogP contribution < -0.4 is 19.9 Å². The van der Waals surface area contributed by atoms with Gasteiger partial charge in [0.05, 0.1) is 6.61 Å². The summed E-state index contributed by atoms with van der Waals surface area (Å²) in [5.74, 6) is -0.242. The molecule has 1 unspecified atom stereocenters. The molecule has 1 aliphatic heterocycles. The fraction of sp³-hybridized carbons (Fsp3) is 0.267.